The number of anilines is 1. The Balaban J connectivity index is 1.74. The average molecular weight is 551 g/mol. The van der Waals surface area contributed by atoms with Gasteiger partial charge in [0.05, 0.1) is 6.42 Å². The van der Waals surface area contributed by atoms with E-state index >= 15 is 0 Å². The molecule has 0 bridgehead atoms. The molecule has 4 rings (SSSR count). The van der Waals surface area contributed by atoms with Crippen molar-refractivity contribution in [3.63, 3.8) is 0 Å². The molecule has 214 valence electrons. The number of imide groups is 1. The number of benzene rings is 2. The number of nitrogens with one attached hydrogen (secondary N) is 1. The van der Waals surface area contributed by atoms with Crippen molar-refractivity contribution < 1.29 is 23.6 Å². The lowest BCUT2D eigenvalue weighted by molar-refractivity contribution is -0.140. The minimum Gasteiger partial charge on any atom is -0.370 e. The Labute approximate surface area is 235 Å². The first kappa shape index (κ1) is 29.2. The lowest BCUT2D eigenvalue weighted by Crippen LogP contribution is -2.52. The molecule has 1 spiro atoms. The van der Waals surface area contributed by atoms with Crippen LogP contribution < -0.4 is 11.1 Å². The SMILES string of the molecule is CC(C)c1cccc(C(C)C)c1NC(=O)C(CC(N)=O)N1C(=O)N(Cc2cccc(F)c2)C2(CCCCC2)C1=O. The monoisotopic (exact) mass is 550 g/mol. The number of rotatable bonds is 9. The van der Waals surface area contributed by atoms with Crippen LogP contribution in [-0.4, -0.2) is 45.1 Å². The number of hydrogen-bond acceptors (Lipinski definition) is 4. The predicted octanol–water partition coefficient (Wildman–Crippen LogP) is 5.42. The molecule has 3 N–H and O–H groups in total. The van der Waals surface area contributed by atoms with Gasteiger partial charge in [-0.15, -0.1) is 0 Å². The van der Waals surface area contributed by atoms with Gasteiger partial charge in [0, 0.05) is 12.2 Å². The number of carbonyl (C=O) groups is 4. The van der Waals surface area contributed by atoms with Crippen molar-refractivity contribution in [1.29, 1.82) is 0 Å². The van der Waals surface area contributed by atoms with E-state index in [1.807, 2.05) is 45.9 Å². The second-order valence-electron chi connectivity index (χ2n) is 11.6. The highest BCUT2D eigenvalue weighted by atomic mass is 19.1. The van der Waals surface area contributed by atoms with Crippen LogP contribution in [0.5, 0.6) is 0 Å². The van der Waals surface area contributed by atoms with Crippen molar-refractivity contribution >= 4 is 29.4 Å². The van der Waals surface area contributed by atoms with E-state index in [1.165, 1.54) is 17.0 Å². The van der Waals surface area contributed by atoms with E-state index in [0.29, 0.717) is 24.1 Å². The number of amides is 5. The Morgan fingerprint density at radius 1 is 0.975 bits per heavy atom. The van der Waals surface area contributed by atoms with E-state index in [1.54, 1.807) is 12.1 Å². The number of nitrogens with zero attached hydrogens (tertiary/aromatic N) is 2. The smallest absolute Gasteiger partial charge is 0.328 e. The maximum Gasteiger partial charge on any atom is 0.328 e. The molecule has 8 nitrogen and oxygen atoms in total. The van der Waals surface area contributed by atoms with Crippen LogP contribution in [0, 0.1) is 5.82 Å². The molecule has 40 heavy (non-hydrogen) atoms. The van der Waals surface area contributed by atoms with Gasteiger partial charge in [-0.2, -0.15) is 0 Å². The van der Waals surface area contributed by atoms with Crippen molar-refractivity contribution in [3.8, 4) is 0 Å². The molecule has 9 heteroatoms. The molecular weight excluding hydrogens is 511 g/mol. The fourth-order valence-electron chi connectivity index (χ4n) is 6.07. The second kappa shape index (κ2) is 11.8. The number of halogens is 1. The quantitative estimate of drug-likeness (QED) is 0.406. The van der Waals surface area contributed by atoms with Crippen molar-refractivity contribution in [2.24, 2.45) is 5.73 Å². The van der Waals surface area contributed by atoms with Crippen LogP contribution in [-0.2, 0) is 20.9 Å². The molecule has 0 aromatic heterocycles. The van der Waals surface area contributed by atoms with E-state index in [0.717, 1.165) is 35.3 Å². The zero-order valence-corrected chi connectivity index (χ0v) is 23.7. The molecule has 2 fully saturated rings. The van der Waals surface area contributed by atoms with Crippen LogP contribution in [0.1, 0.15) is 94.7 Å². The zero-order valence-electron chi connectivity index (χ0n) is 23.7. The van der Waals surface area contributed by atoms with Crippen LogP contribution in [0.4, 0.5) is 14.9 Å². The zero-order chi connectivity index (χ0) is 29.2. The normalized spacial score (nSPS) is 17.7. The summed E-state index contributed by atoms with van der Waals surface area (Å²) in [7, 11) is 0. The summed E-state index contributed by atoms with van der Waals surface area (Å²) in [5, 5.41) is 2.97. The molecule has 2 aliphatic rings. The minimum absolute atomic E-state index is 0.0113. The summed E-state index contributed by atoms with van der Waals surface area (Å²) in [5.74, 6) is -2.22. The van der Waals surface area contributed by atoms with E-state index in [9.17, 15) is 23.6 Å². The van der Waals surface area contributed by atoms with Crippen molar-refractivity contribution in [2.75, 3.05) is 5.32 Å². The van der Waals surface area contributed by atoms with Gasteiger partial charge in [-0.25, -0.2) is 14.1 Å². The Morgan fingerprint density at radius 2 is 1.57 bits per heavy atom. The van der Waals surface area contributed by atoms with Crippen LogP contribution in [0.15, 0.2) is 42.5 Å². The van der Waals surface area contributed by atoms with Crippen molar-refractivity contribution in [3.05, 3.63) is 65.0 Å². The lowest BCUT2D eigenvalue weighted by atomic mass is 9.80. The number of para-hydroxylation sites is 1. The summed E-state index contributed by atoms with van der Waals surface area (Å²) in [4.78, 5) is 56.7. The Bertz CT molecular complexity index is 1280. The number of primary amides is 1. The van der Waals surface area contributed by atoms with Gasteiger partial charge < -0.3 is 16.0 Å². The molecule has 1 saturated carbocycles. The molecule has 1 unspecified atom stereocenters. The lowest BCUT2D eigenvalue weighted by Gasteiger charge is -2.38. The van der Waals surface area contributed by atoms with Crippen LogP contribution in [0.25, 0.3) is 0 Å². The molecule has 1 saturated heterocycles. The number of carbonyl (C=O) groups excluding carboxylic acids is 4. The fraction of sp³-hybridized carbons (Fsp3) is 0.484. The first-order chi connectivity index (χ1) is 19.0. The fourth-order valence-corrected chi connectivity index (χ4v) is 6.07. The van der Waals surface area contributed by atoms with E-state index in [4.69, 9.17) is 5.73 Å². The molecule has 1 aliphatic heterocycles. The van der Waals surface area contributed by atoms with Crippen molar-refractivity contribution in [2.45, 2.75) is 96.2 Å². The van der Waals surface area contributed by atoms with Gasteiger partial charge in [-0.3, -0.25) is 14.4 Å². The molecule has 1 heterocycles. The topological polar surface area (TPSA) is 113 Å². The van der Waals surface area contributed by atoms with Gasteiger partial charge in [-0.05, 0) is 53.5 Å². The standard InChI is InChI=1S/C31H39FN4O4/c1-19(2)23-12-9-13-24(20(3)4)27(23)34-28(38)25(17-26(33)37)36-29(39)31(14-6-5-7-15-31)35(30(36)40)18-21-10-8-11-22(32)16-21/h8-13,16,19-20,25H,5-7,14-15,17-18H2,1-4H3,(H2,33,37)(H,34,38). The summed E-state index contributed by atoms with van der Waals surface area (Å²) in [6, 6.07) is 9.61. The molecule has 2 aromatic rings. The second-order valence-corrected chi connectivity index (χ2v) is 11.6. The highest BCUT2D eigenvalue weighted by molar-refractivity contribution is 6.12. The number of nitrogens with two attached hydrogens (primary N) is 1. The first-order valence-corrected chi connectivity index (χ1v) is 14.1. The molecule has 1 aliphatic carbocycles. The van der Waals surface area contributed by atoms with E-state index < -0.39 is 47.6 Å². The third-order valence-corrected chi connectivity index (χ3v) is 8.11. The summed E-state index contributed by atoms with van der Waals surface area (Å²) >= 11 is 0. The molecule has 2 aromatic carbocycles. The maximum atomic E-state index is 14.1. The summed E-state index contributed by atoms with van der Waals surface area (Å²) < 4.78 is 14.0. The van der Waals surface area contributed by atoms with Gasteiger partial charge in [0.15, 0.2) is 0 Å². The Hall–Kier alpha value is -3.75. The number of hydrogen-bond donors (Lipinski definition) is 2. The minimum atomic E-state index is -1.42. The van der Waals surface area contributed by atoms with Gasteiger partial charge in [0.2, 0.25) is 11.8 Å². The molecule has 5 amide bonds. The average Bonchev–Trinajstić information content (AvgIpc) is 3.08. The number of urea groups is 1. The molecule has 1 atom stereocenters. The maximum absolute atomic E-state index is 14.1. The highest BCUT2D eigenvalue weighted by Gasteiger charge is 2.59. The van der Waals surface area contributed by atoms with Gasteiger partial charge >= 0.3 is 6.03 Å². The summed E-state index contributed by atoms with van der Waals surface area (Å²) in [6.07, 6.45) is 2.75. The largest absolute Gasteiger partial charge is 0.370 e. The predicted molar refractivity (Wildman–Crippen MR) is 151 cm³/mol. The summed E-state index contributed by atoms with van der Waals surface area (Å²) in [6.45, 7) is 8.07. The van der Waals surface area contributed by atoms with Gasteiger partial charge in [0.1, 0.15) is 17.4 Å². The van der Waals surface area contributed by atoms with Crippen molar-refractivity contribution in [1.82, 2.24) is 9.80 Å². The Kier molecular flexibility index (Phi) is 8.61. The molecule has 0 radical (unpaired) electrons. The van der Waals surface area contributed by atoms with Crippen LogP contribution in [0.3, 0.4) is 0 Å². The Morgan fingerprint density at radius 3 is 2.12 bits per heavy atom. The van der Waals surface area contributed by atoms with Gasteiger partial charge in [0.25, 0.3) is 5.91 Å². The van der Waals surface area contributed by atoms with Crippen LogP contribution in [0.2, 0.25) is 0 Å². The van der Waals surface area contributed by atoms with Crippen LogP contribution >= 0.6 is 0 Å². The highest BCUT2D eigenvalue weighted by Crippen LogP contribution is 2.43. The third-order valence-electron chi connectivity index (χ3n) is 8.11. The molecular formula is C31H39FN4O4. The van der Waals surface area contributed by atoms with E-state index in [-0.39, 0.29) is 18.4 Å². The van der Waals surface area contributed by atoms with E-state index in [2.05, 4.69) is 5.32 Å². The first-order valence-electron chi connectivity index (χ1n) is 14.1. The summed E-state index contributed by atoms with van der Waals surface area (Å²) in [5.41, 5.74) is 7.38. The van der Waals surface area contributed by atoms with Gasteiger partial charge in [-0.1, -0.05) is 77.3 Å². The third kappa shape index (κ3) is 5.60.